The standard InChI is InChI=1S/C16H22F2N2O/c1-11(2)20-9-7-12(8-10-20)19(3)16(21)13-5-4-6-14(17)15(13)18/h4-6,11-12H,7-10H2,1-3H3. The molecule has 1 aromatic rings. The van der Waals surface area contributed by atoms with Gasteiger partial charge in [-0.15, -0.1) is 0 Å². The van der Waals surface area contributed by atoms with Crippen LogP contribution in [0, 0.1) is 11.6 Å². The van der Waals surface area contributed by atoms with Gasteiger partial charge in [0.1, 0.15) is 0 Å². The number of piperidine rings is 1. The number of carbonyl (C=O) groups excluding carboxylic acids is 1. The molecule has 1 aliphatic heterocycles. The predicted molar refractivity (Wildman–Crippen MR) is 78.2 cm³/mol. The van der Waals surface area contributed by atoms with Gasteiger partial charge in [-0.05, 0) is 38.8 Å². The minimum Gasteiger partial charge on any atom is -0.339 e. The molecule has 0 unspecified atom stereocenters. The summed E-state index contributed by atoms with van der Waals surface area (Å²) in [5.74, 6) is -2.49. The molecular formula is C16H22F2N2O. The lowest BCUT2D eigenvalue weighted by Gasteiger charge is -2.38. The van der Waals surface area contributed by atoms with Crippen molar-refractivity contribution in [2.24, 2.45) is 0 Å². The summed E-state index contributed by atoms with van der Waals surface area (Å²) in [4.78, 5) is 16.2. The first-order valence-electron chi connectivity index (χ1n) is 7.37. The molecule has 3 nitrogen and oxygen atoms in total. The smallest absolute Gasteiger partial charge is 0.256 e. The van der Waals surface area contributed by atoms with Crippen LogP contribution in [-0.4, -0.2) is 47.9 Å². The number of carbonyl (C=O) groups is 1. The SMILES string of the molecule is CC(C)N1CCC(N(C)C(=O)c2cccc(F)c2F)CC1. The van der Waals surface area contributed by atoms with Crippen LogP contribution in [-0.2, 0) is 0 Å². The molecule has 0 aliphatic carbocycles. The quantitative estimate of drug-likeness (QED) is 0.856. The van der Waals surface area contributed by atoms with E-state index in [1.807, 2.05) is 0 Å². The van der Waals surface area contributed by atoms with E-state index >= 15 is 0 Å². The minimum absolute atomic E-state index is 0.0789. The van der Waals surface area contributed by atoms with Gasteiger partial charge in [-0.1, -0.05) is 6.07 Å². The van der Waals surface area contributed by atoms with Crippen LogP contribution < -0.4 is 0 Å². The Morgan fingerprint density at radius 1 is 1.29 bits per heavy atom. The van der Waals surface area contributed by atoms with Gasteiger partial charge in [-0.2, -0.15) is 0 Å². The summed E-state index contributed by atoms with van der Waals surface area (Å²) in [6.45, 7) is 6.14. The molecule has 1 heterocycles. The number of hydrogen-bond acceptors (Lipinski definition) is 2. The van der Waals surface area contributed by atoms with Gasteiger partial charge in [0.05, 0.1) is 5.56 Å². The van der Waals surface area contributed by atoms with Crippen molar-refractivity contribution in [2.45, 2.75) is 38.8 Å². The van der Waals surface area contributed by atoms with Crippen LogP contribution in [0.15, 0.2) is 18.2 Å². The highest BCUT2D eigenvalue weighted by Gasteiger charge is 2.28. The molecular weight excluding hydrogens is 274 g/mol. The van der Waals surface area contributed by atoms with E-state index in [0.29, 0.717) is 6.04 Å². The topological polar surface area (TPSA) is 23.6 Å². The number of rotatable bonds is 3. The summed E-state index contributed by atoms with van der Waals surface area (Å²) in [6.07, 6.45) is 1.72. The molecule has 1 saturated heterocycles. The van der Waals surface area contributed by atoms with E-state index in [0.717, 1.165) is 32.0 Å². The predicted octanol–water partition coefficient (Wildman–Crippen LogP) is 2.91. The third kappa shape index (κ3) is 3.40. The fraction of sp³-hybridized carbons (Fsp3) is 0.562. The third-order valence-corrected chi connectivity index (χ3v) is 4.28. The van der Waals surface area contributed by atoms with E-state index in [4.69, 9.17) is 0 Å². The maximum absolute atomic E-state index is 13.7. The fourth-order valence-corrected chi connectivity index (χ4v) is 2.81. The van der Waals surface area contributed by atoms with E-state index in [1.165, 1.54) is 12.1 Å². The van der Waals surface area contributed by atoms with Gasteiger partial charge in [0.2, 0.25) is 0 Å². The molecule has 1 aromatic carbocycles. The molecule has 0 aromatic heterocycles. The van der Waals surface area contributed by atoms with Crippen molar-refractivity contribution < 1.29 is 13.6 Å². The molecule has 5 heteroatoms. The molecule has 0 bridgehead atoms. The lowest BCUT2D eigenvalue weighted by molar-refractivity contribution is 0.0610. The maximum atomic E-state index is 13.7. The van der Waals surface area contributed by atoms with E-state index < -0.39 is 17.5 Å². The minimum atomic E-state index is -1.06. The highest BCUT2D eigenvalue weighted by molar-refractivity contribution is 5.94. The Labute approximate surface area is 124 Å². The first kappa shape index (κ1) is 15.9. The normalized spacial score (nSPS) is 17.2. The van der Waals surface area contributed by atoms with Gasteiger partial charge in [-0.25, -0.2) is 8.78 Å². The van der Waals surface area contributed by atoms with Gasteiger partial charge in [0.25, 0.3) is 5.91 Å². The van der Waals surface area contributed by atoms with Gasteiger partial charge in [0, 0.05) is 32.2 Å². The summed E-state index contributed by atoms with van der Waals surface area (Å²) in [5, 5.41) is 0. The molecule has 1 amide bonds. The Hall–Kier alpha value is -1.49. The van der Waals surface area contributed by atoms with Gasteiger partial charge in [-0.3, -0.25) is 4.79 Å². The van der Waals surface area contributed by atoms with Crippen LogP contribution in [0.2, 0.25) is 0 Å². The van der Waals surface area contributed by atoms with Crippen molar-refractivity contribution in [3.05, 3.63) is 35.4 Å². The van der Waals surface area contributed by atoms with E-state index in [-0.39, 0.29) is 11.6 Å². The first-order valence-corrected chi connectivity index (χ1v) is 7.37. The van der Waals surface area contributed by atoms with Crippen LogP contribution in [0.3, 0.4) is 0 Å². The average molecular weight is 296 g/mol. The van der Waals surface area contributed by atoms with Crippen LogP contribution in [0.4, 0.5) is 8.78 Å². The molecule has 0 saturated carbocycles. The molecule has 2 rings (SSSR count). The van der Waals surface area contributed by atoms with E-state index in [9.17, 15) is 13.6 Å². The summed E-state index contributed by atoms with van der Waals surface area (Å²) >= 11 is 0. The van der Waals surface area contributed by atoms with Crippen LogP contribution in [0.25, 0.3) is 0 Å². The molecule has 0 atom stereocenters. The zero-order valence-corrected chi connectivity index (χ0v) is 12.8. The molecule has 1 fully saturated rings. The Morgan fingerprint density at radius 2 is 1.90 bits per heavy atom. The first-order chi connectivity index (χ1) is 9.91. The second-order valence-corrected chi connectivity index (χ2v) is 5.88. The van der Waals surface area contributed by atoms with Gasteiger partial charge >= 0.3 is 0 Å². The molecule has 0 spiro atoms. The van der Waals surface area contributed by atoms with Crippen LogP contribution >= 0.6 is 0 Å². The Morgan fingerprint density at radius 3 is 2.48 bits per heavy atom. The number of halogens is 2. The Kier molecular flexibility index (Phi) is 4.93. The summed E-state index contributed by atoms with van der Waals surface area (Å²) in [5.41, 5.74) is -0.191. The lowest BCUT2D eigenvalue weighted by Crippen LogP contribution is -2.47. The van der Waals surface area contributed by atoms with Crippen molar-refractivity contribution in [3.63, 3.8) is 0 Å². The zero-order valence-electron chi connectivity index (χ0n) is 12.8. The van der Waals surface area contributed by atoms with Crippen LogP contribution in [0.1, 0.15) is 37.0 Å². The van der Waals surface area contributed by atoms with Gasteiger partial charge < -0.3 is 9.80 Å². The van der Waals surface area contributed by atoms with Crippen molar-refractivity contribution in [1.29, 1.82) is 0 Å². The lowest BCUT2D eigenvalue weighted by atomic mass is 10.0. The van der Waals surface area contributed by atoms with Crippen molar-refractivity contribution in [1.82, 2.24) is 9.80 Å². The van der Waals surface area contributed by atoms with Crippen molar-refractivity contribution in [3.8, 4) is 0 Å². The monoisotopic (exact) mass is 296 g/mol. The van der Waals surface area contributed by atoms with Crippen molar-refractivity contribution >= 4 is 5.91 Å². The number of benzene rings is 1. The summed E-state index contributed by atoms with van der Waals surface area (Å²) in [6, 6.07) is 4.29. The average Bonchev–Trinajstić information content (AvgIpc) is 2.48. The zero-order chi connectivity index (χ0) is 15.6. The number of nitrogens with zero attached hydrogens (tertiary/aromatic N) is 2. The summed E-state index contributed by atoms with van der Waals surface area (Å²) in [7, 11) is 1.67. The Balaban J connectivity index is 2.05. The fourth-order valence-electron chi connectivity index (χ4n) is 2.81. The van der Waals surface area contributed by atoms with E-state index in [2.05, 4.69) is 18.7 Å². The second-order valence-electron chi connectivity index (χ2n) is 5.88. The maximum Gasteiger partial charge on any atom is 0.256 e. The largest absolute Gasteiger partial charge is 0.339 e. The second kappa shape index (κ2) is 6.52. The molecule has 21 heavy (non-hydrogen) atoms. The summed E-state index contributed by atoms with van der Waals surface area (Å²) < 4.78 is 26.9. The van der Waals surface area contributed by atoms with E-state index in [1.54, 1.807) is 11.9 Å². The Bertz CT molecular complexity index is 511. The van der Waals surface area contributed by atoms with Crippen LogP contribution in [0.5, 0.6) is 0 Å². The molecule has 0 N–H and O–H groups in total. The highest BCUT2D eigenvalue weighted by Crippen LogP contribution is 2.20. The van der Waals surface area contributed by atoms with Crippen molar-refractivity contribution in [2.75, 3.05) is 20.1 Å². The highest BCUT2D eigenvalue weighted by atomic mass is 19.2. The molecule has 0 radical (unpaired) electrons. The van der Waals surface area contributed by atoms with Gasteiger partial charge in [0.15, 0.2) is 11.6 Å². The number of amides is 1. The number of hydrogen-bond donors (Lipinski definition) is 0. The molecule has 116 valence electrons. The number of likely N-dealkylation sites (tertiary alicyclic amines) is 1. The third-order valence-electron chi connectivity index (χ3n) is 4.28. The molecule has 1 aliphatic rings.